The van der Waals surface area contributed by atoms with Gasteiger partial charge in [-0.05, 0) is 38.0 Å². The summed E-state index contributed by atoms with van der Waals surface area (Å²) in [5.41, 5.74) is 2.39. The van der Waals surface area contributed by atoms with Crippen molar-refractivity contribution in [3.05, 3.63) is 53.6 Å². The Kier molecular flexibility index (Phi) is 9.08. The van der Waals surface area contributed by atoms with Crippen LogP contribution in [0.1, 0.15) is 30.9 Å². The third-order valence-corrected chi connectivity index (χ3v) is 5.37. The van der Waals surface area contributed by atoms with Crippen LogP contribution in [0.3, 0.4) is 0 Å². The van der Waals surface area contributed by atoms with Gasteiger partial charge in [0, 0.05) is 35.7 Å². The maximum Gasteiger partial charge on any atom is 0.191 e. The molecule has 1 aliphatic carbocycles. The van der Waals surface area contributed by atoms with E-state index in [0.717, 1.165) is 54.7 Å². The van der Waals surface area contributed by atoms with Crippen molar-refractivity contribution in [1.82, 2.24) is 10.6 Å². The van der Waals surface area contributed by atoms with Crippen LogP contribution in [0, 0.1) is 0 Å². The van der Waals surface area contributed by atoms with Crippen molar-refractivity contribution >= 4 is 29.9 Å². The smallest absolute Gasteiger partial charge is 0.191 e. The van der Waals surface area contributed by atoms with Gasteiger partial charge in [0.1, 0.15) is 17.2 Å². The zero-order valence-electron chi connectivity index (χ0n) is 18.2. The van der Waals surface area contributed by atoms with Gasteiger partial charge in [-0.15, -0.1) is 24.0 Å². The first-order chi connectivity index (χ1) is 14.2. The SMILES string of the molecule is CCNC(=NCc1ccc(OC)cc1OC)NCC1(c2ccccc2OC)CC1.I. The molecule has 0 aromatic heterocycles. The molecular weight excluding hydrogens is 493 g/mol. The molecule has 0 radical (unpaired) electrons. The van der Waals surface area contributed by atoms with Crippen LogP contribution in [0.4, 0.5) is 0 Å². The predicted octanol–water partition coefficient (Wildman–Crippen LogP) is 4.12. The molecule has 3 rings (SSSR count). The summed E-state index contributed by atoms with van der Waals surface area (Å²) < 4.78 is 16.3. The molecule has 0 atom stereocenters. The highest BCUT2D eigenvalue weighted by atomic mass is 127. The molecule has 2 N–H and O–H groups in total. The van der Waals surface area contributed by atoms with Gasteiger partial charge in [0.15, 0.2) is 5.96 Å². The van der Waals surface area contributed by atoms with Crippen molar-refractivity contribution in [2.24, 2.45) is 4.99 Å². The summed E-state index contributed by atoms with van der Waals surface area (Å²) in [5, 5.41) is 6.86. The minimum Gasteiger partial charge on any atom is -0.497 e. The largest absolute Gasteiger partial charge is 0.497 e. The molecule has 7 heteroatoms. The van der Waals surface area contributed by atoms with E-state index in [1.54, 1.807) is 21.3 Å². The van der Waals surface area contributed by atoms with Gasteiger partial charge in [-0.25, -0.2) is 4.99 Å². The molecule has 0 saturated heterocycles. The van der Waals surface area contributed by atoms with E-state index < -0.39 is 0 Å². The monoisotopic (exact) mass is 525 g/mol. The van der Waals surface area contributed by atoms with Crippen molar-refractivity contribution in [2.45, 2.75) is 31.7 Å². The second kappa shape index (κ2) is 11.3. The first-order valence-electron chi connectivity index (χ1n) is 10.0. The van der Waals surface area contributed by atoms with Crippen LogP contribution < -0.4 is 24.8 Å². The Bertz CT molecular complexity index is 853. The fourth-order valence-electron chi connectivity index (χ4n) is 3.52. The van der Waals surface area contributed by atoms with E-state index in [4.69, 9.17) is 19.2 Å². The third kappa shape index (κ3) is 5.71. The molecule has 1 saturated carbocycles. The molecule has 1 aliphatic rings. The van der Waals surface area contributed by atoms with Crippen LogP contribution in [0.5, 0.6) is 17.2 Å². The summed E-state index contributed by atoms with van der Waals surface area (Å²) in [4.78, 5) is 4.76. The van der Waals surface area contributed by atoms with Gasteiger partial charge in [0.05, 0.1) is 27.9 Å². The van der Waals surface area contributed by atoms with Gasteiger partial charge in [-0.2, -0.15) is 0 Å². The number of benzene rings is 2. The van der Waals surface area contributed by atoms with E-state index in [-0.39, 0.29) is 29.4 Å². The lowest BCUT2D eigenvalue weighted by Crippen LogP contribution is -2.41. The lowest BCUT2D eigenvalue weighted by atomic mass is 9.95. The minimum absolute atomic E-state index is 0. The van der Waals surface area contributed by atoms with E-state index in [1.165, 1.54) is 5.56 Å². The van der Waals surface area contributed by atoms with E-state index in [1.807, 2.05) is 30.3 Å². The topological polar surface area (TPSA) is 64.1 Å². The number of nitrogens with zero attached hydrogens (tertiary/aromatic N) is 1. The van der Waals surface area contributed by atoms with Gasteiger partial charge < -0.3 is 24.8 Å². The standard InChI is InChI=1S/C23H31N3O3.HI/c1-5-24-22(25-15-17-10-11-18(27-2)14-21(17)29-4)26-16-23(12-13-23)19-8-6-7-9-20(19)28-3;/h6-11,14H,5,12-13,15-16H2,1-4H3,(H2,24,25,26);1H. The molecule has 30 heavy (non-hydrogen) atoms. The normalized spacial score (nSPS) is 14.3. The van der Waals surface area contributed by atoms with Crippen molar-refractivity contribution in [3.8, 4) is 17.2 Å². The van der Waals surface area contributed by atoms with Crippen LogP contribution in [0.15, 0.2) is 47.5 Å². The van der Waals surface area contributed by atoms with Crippen molar-refractivity contribution < 1.29 is 14.2 Å². The van der Waals surface area contributed by atoms with Crippen LogP contribution >= 0.6 is 24.0 Å². The zero-order chi connectivity index (χ0) is 20.7. The lowest BCUT2D eigenvalue weighted by molar-refractivity contribution is 0.391. The Hall–Kier alpha value is -2.16. The number of para-hydroxylation sites is 1. The summed E-state index contributed by atoms with van der Waals surface area (Å²) in [6.07, 6.45) is 2.29. The van der Waals surface area contributed by atoms with Crippen LogP contribution in [0.2, 0.25) is 0 Å². The molecule has 164 valence electrons. The summed E-state index contributed by atoms with van der Waals surface area (Å²) in [6.45, 7) is 4.20. The Balaban J connectivity index is 0.00000320. The molecule has 0 heterocycles. The number of hydrogen-bond donors (Lipinski definition) is 2. The van der Waals surface area contributed by atoms with E-state index in [2.05, 4.69) is 29.7 Å². The molecule has 0 unspecified atom stereocenters. The van der Waals surface area contributed by atoms with E-state index >= 15 is 0 Å². The van der Waals surface area contributed by atoms with Gasteiger partial charge >= 0.3 is 0 Å². The molecule has 0 amide bonds. The summed E-state index contributed by atoms with van der Waals surface area (Å²) in [5.74, 6) is 3.30. The first-order valence-corrected chi connectivity index (χ1v) is 10.0. The fourth-order valence-corrected chi connectivity index (χ4v) is 3.52. The maximum absolute atomic E-state index is 5.58. The maximum atomic E-state index is 5.58. The molecule has 0 spiro atoms. The summed E-state index contributed by atoms with van der Waals surface area (Å²) >= 11 is 0. The second-order valence-electron chi connectivity index (χ2n) is 7.21. The van der Waals surface area contributed by atoms with Gasteiger partial charge in [0.25, 0.3) is 0 Å². The molecule has 2 aromatic carbocycles. The summed E-state index contributed by atoms with van der Waals surface area (Å²) in [6, 6.07) is 14.1. The average Bonchev–Trinajstić information content (AvgIpc) is 3.56. The Labute approximate surface area is 196 Å². The van der Waals surface area contributed by atoms with Gasteiger partial charge in [0.2, 0.25) is 0 Å². The molecule has 0 aliphatic heterocycles. The molecule has 2 aromatic rings. The van der Waals surface area contributed by atoms with E-state index in [0.29, 0.717) is 6.54 Å². The summed E-state index contributed by atoms with van der Waals surface area (Å²) in [7, 11) is 5.04. The lowest BCUT2D eigenvalue weighted by Gasteiger charge is -2.21. The molecule has 1 fully saturated rings. The third-order valence-electron chi connectivity index (χ3n) is 5.37. The van der Waals surface area contributed by atoms with Crippen molar-refractivity contribution in [3.63, 3.8) is 0 Å². The zero-order valence-corrected chi connectivity index (χ0v) is 20.5. The highest BCUT2D eigenvalue weighted by molar-refractivity contribution is 14.0. The number of aliphatic imine (C=N–C) groups is 1. The number of nitrogens with one attached hydrogen (secondary N) is 2. The van der Waals surface area contributed by atoms with Crippen molar-refractivity contribution in [1.29, 1.82) is 0 Å². The minimum atomic E-state index is 0. The molecule has 0 bridgehead atoms. The molecule has 6 nitrogen and oxygen atoms in total. The Morgan fingerprint density at radius 3 is 2.33 bits per heavy atom. The number of guanidine groups is 1. The van der Waals surface area contributed by atoms with E-state index in [9.17, 15) is 0 Å². The van der Waals surface area contributed by atoms with Crippen molar-refractivity contribution in [2.75, 3.05) is 34.4 Å². The second-order valence-corrected chi connectivity index (χ2v) is 7.21. The Morgan fingerprint density at radius 1 is 0.967 bits per heavy atom. The quantitative estimate of drug-likeness (QED) is 0.293. The number of hydrogen-bond acceptors (Lipinski definition) is 4. The average molecular weight is 525 g/mol. The number of halogens is 1. The Morgan fingerprint density at radius 2 is 1.70 bits per heavy atom. The number of ether oxygens (including phenoxy) is 3. The van der Waals surface area contributed by atoms with Crippen LogP contribution in [-0.2, 0) is 12.0 Å². The predicted molar refractivity (Wildman–Crippen MR) is 132 cm³/mol. The van der Waals surface area contributed by atoms with Gasteiger partial charge in [-0.1, -0.05) is 18.2 Å². The number of rotatable bonds is 9. The highest BCUT2D eigenvalue weighted by Crippen LogP contribution is 2.50. The fraction of sp³-hybridized carbons (Fsp3) is 0.435. The first kappa shape index (κ1) is 24.1. The highest BCUT2D eigenvalue weighted by Gasteiger charge is 2.46. The van der Waals surface area contributed by atoms with Gasteiger partial charge in [-0.3, -0.25) is 0 Å². The van der Waals surface area contributed by atoms with Crippen LogP contribution in [-0.4, -0.2) is 40.4 Å². The van der Waals surface area contributed by atoms with Crippen LogP contribution in [0.25, 0.3) is 0 Å². The molecular formula is C23H32IN3O3. The number of methoxy groups -OCH3 is 3.